The molecule has 0 saturated carbocycles. The van der Waals surface area contributed by atoms with Crippen LogP contribution in [-0.2, 0) is 0 Å². The van der Waals surface area contributed by atoms with Crippen molar-refractivity contribution in [3.8, 4) is 5.88 Å². The number of hydrogen-bond acceptors (Lipinski definition) is 6. The van der Waals surface area contributed by atoms with E-state index in [1.54, 1.807) is 19.5 Å². The first-order valence-corrected chi connectivity index (χ1v) is 7.68. The molecule has 1 aliphatic heterocycles. The number of H-pyrrole nitrogens is 1. The minimum absolute atomic E-state index is 0.347. The topological polar surface area (TPSA) is 79.0 Å². The molecule has 1 fully saturated rings. The number of aromatic nitrogens is 4. The van der Waals surface area contributed by atoms with Crippen molar-refractivity contribution in [1.29, 1.82) is 0 Å². The van der Waals surface area contributed by atoms with Crippen LogP contribution in [0.2, 0.25) is 0 Å². The second kappa shape index (κ2) is 6.74. The Hall–Kier alpha value is -2.15. The highest BCUT2D eigenvalue weighted by atomic mass is 16.5. The van der Waals surface area contributed by atoms with E-state index in [9.17, 15) is 0 Å². The molecule has 1 aliphatic rings. The maximum atomic E-state index is 5.07. The van der Waals surface area contributed by atoms with Crippen LogP contribution in [0.3, 0.4) is 0 Å². The summed E-state index contributed by atoms with van der Waals surface area (Å²) in [5, 5.41) is 10.6. The van der Waals surface area contributed by atoms with Crippen molar-refractivity contribution in [2.45, 2.75) is 32.2 Å². The van der Waals surface area contributed by atoms with Crippen molar-refractivity contribution >= 4 is 11.6 Å². The number of rotatable bonds is 5. The summed E-state index contributed by atoms with van der Waals surface area (Å²) in [6.45, 7) is 4.53. The monoisotopic (exact) mass is 302 g/mol. The Balaban J connectivity index is 1.67. The summed E-state index contributed by atoms with van der Waals surface area (Å²) in [5.41, 5.74) is 1.11. The van der Waals surface area contributed by atoms with E-state index in [0.717, 1.165) is 24.6 Å². The van der Waals surface area contributed by atoms with Crippen LogP contribution in [0, 0.1) is 0 Å². The number of methoxy groups -OCH3 is 1. The summed E-state index contributed by atoms with van der Waals surface area (Å²) < 4.78 is 5.07. The fourth-order valence-corrected chi connectivity index (χ4v) is 2.75. The molecule has 7 heteroatoms. The van der Waals surface area contributed by atoms with Gasteiger partial charge in [-0.25, -0.2) is 0 Å². The van der Waals surface area contributed by atoms with Crippen molar-refractivity contribution in [1.82, 2.24) is 25.1 Å². The minimum atomic E-state index is 0.347. The molecule has 2 N–H and O–H groups in total. The fraction of sp³-hybridized carbons (Fsp3) is 0.533. The van der Waals surface area contributed by atoms with Crippen LogP contribution in [0.4, 0.5) is 11.6 Å². The Bertz CT molecular complexity index is 608. The maximum absolute atomic E-state index is 5.07. The Labute approximate surface area is 130 Å². The number of anilines is 2. The molecule has 0 aliphatic carbocycles. The van der Waals surface area contributed by atoms with Crippen LogP contribution in [0.5, 0.6) is 5.88 Å². The lowest BCUT2D eigenvalue weighted by Crippen LogP contribution is -2.32. The molecule has 7 nitrogen and oxygen atoms in total. The molecule has 0 amide bonds. The van der Waals surface area contributed by atoms with E-state index in [4.69, 9.17) is 4.74 Å². The second-order valence-corrected chi connectivity index (χ2v) is 5.55. The first kappa shape index (κ1) is 14.8. The van der Waals surface area contributed by atoms with E-state index in [1.807, 2.05) is 6.07 Å². The molecule has 2 aromatic rings. The van der Waals surface area contributed by atoms with Crippen molar-refractivity contribution in [3.63, 3.8) is 0 Å². The van der Waals surface area contributed by atoms with Crippen molar-refractivity contribution in [3.05, 3.63) is 24.2 Å². The lowest BCUT2D eigenvalue weighted by molar-refractivity contribution is 0.172. The third kappa shape index (κ3) is 3.36. The second-order valence-electron chi connectivity index (χ2n) is 5.55. The van der Waals surface area contributed by atoms with E-state index < -0.39 is 0 Å². The molecular weight excluding hydrogens is 280 g/mol. The number of piperidine rings is 1. The average molecular weight is 302 g/mol. The Morgan fingerprint density at radius 1 is 1.23 bits per heavy atom. The minimum Gasteiger partial charge on any atom is -0.480 e. The molecule has 1 atom stereocenters. The van der Waals surface area contributed by atoms with Gasteiger partial charge in [0.25, 0.3) is 0 Å². The zero-order chi connectivity index (χ0) is 15.4. The first-order valence-electron chi connectivity index (χ1n) is 7.68. The summed E-state index contributed by atoms with van der Waals surface area (Å²) in [5.74, 6) is 1.83. The van der Waals surface area contributed by atoms with E-state index in [2.05, 4.69) is 37.3 Å². The molecule has 1 unspecified atom stereocenters. The van der Waals surface area contributed by atoms with Crippen molar-refractivity contribution < 1.29 is 4.74 Å². The quantitative estimate of drug-likeness (QED) is 0.883. The predicted molar refractivity (Wildman–Crippen MR) is 84.3 cm³/mol. The van der Waals surface area contributed by atoms with Gasteiger partial charge in [0.15, 0.2) is 11.6 Å². The highest BCUT2D eigenvalue weighted by Crippen LogP contribution is 2.25. The standard InChI is InChI=1S/C15H22N6O/c1-11(21-6-4-3-5-7-21)12-8-13(20-19-12)17-14-9-16-10-15(18-14)22-2/h8-11H,3-7H2,1-2H3,(H2,17,18,19,20). The molecule has 118 valence electrons. The van der Waals surface area contributed by atoms with Crippen LogP contribution in [-0.4, -0.2) is 45.3 Å². The SMILES string of the molecule is COc1cncc(Nc2cc(C(C)N3CCCCC3)[nH]n2)n1. The normalized spacial score (nSPS) is 17.2. The number of nitrogens with one attached hydrogen (secondary N) is 2. The number of aromatic amines is 1. The fourth-order valence-electron chi connectivity index (χ4n) is 2.75. The van der Waals surface area contributed by atoms with Gasteiger partial charge in [-0.3, -0.25) is 15.0 Å². The molecule has 1 saturated heterocycles. The third-order valence-corrected chi connectivity index (χ3v) is 4.06. The number of nitrogens with zero attached hydrogens (tertiary/aromatic N) is 4. The molecule has 0 aromatic carbocycles. The molecule has 3 heterocycles. The molecule has 22 heavy (non-hydrogen) atoms. The highest BCUT2D eigenvalue weighted by Gasteiger charge is 2.19. The van der Waals surface area contributed by atoms with Gasteiger partial charge < -0.3 is 10.1 Å². The molecule has 0 spiro atoms. The summed E-state index contributed by atoms with van der Waals surface area (Å²) >= 11 is 0. The van der Waals surface area contributed by atoms with Gasteiger partial charge in [0.2, 0.25) is 5.88 Å². The average Bonchev–Trinajstić information content (AvgIpc) is 3.03. The Kier molecular flexibility index (Phi) is 4.53. The van der Waals surface area contributed by atoms with Crippen LogP contribution >= 0.6 is 0 Å². The number of ether oxygens (including phenoxy) is 1. The lowest BCUT2D eigenvalue weighted by atomic mass is 10.1. The summed E-state index contributed by atoms with van der Waals surface area (Å²) in [6.07, 6.45) is 7.12. The highest BCUT2D eigenvalue weighted by molar-refractivity contribution is 5.51. The zero-order valence-electron chi connectivity index (χ0n) is 13.0. The van der Waals surface area contributed by atoms with E-state index in [0.29, 0.717) is 17.7 Å². The van der Waals surface area contributed by atoms with Gasteiger partial charge in [0.05, 0.1) is 25.2 Å². The number of hydrogen-bond donors (Lipinski definition) is 2. The Morgan fingerprint density at radius 3 is 2.82 bits per heavy atom. The summed E-state index contributed by atoms with van der Waals surface area (Å²) in [4.78, 5) is 10.8. The van der Waals surface area contributed by atoms with Gasteiger partial charge in [-0.15, -0.1) is 0 Å². The predicted octanol–water partition coefficient (Wildman–Crippen LogP) is 2.50. The molecule has 3 rings (SSSR count). The molecule has 0 bridgehead atoms. The van der Waals surface area contributed by atoms with Gasteiger partial charge in [-0.05, 0) is 32.9 Å². The smallest absolute Gasteiger partial charge is 0.233 e. The molecular formula is C15H22N6O. The van der Waals surface area contributed by atoms with E-state index >= 15 is 0 Å². The van der Waals surface area contributed by atoms with Crippen LogP contribution in [0.15, 0.2) is 18.5 Å². The zero-order valence-corrected chi connectivity index (χ0v) is 13.0. The first-order chi connectivity index (χ1) is 10.8. The van der Waals surface area contributed by atoms with Crippen LogP contribution in [0.25, 0.3) is 0 Å². The number of likely N-dealkylation sites (tertiary alicyclic amines) is 1. The third-order valence-electron chi connectivity index (χ3n) is 4.06. The lowest BCUT2D eigenvalue weighted by Gasteiger charge is -2.31. The van der Waals surface area contributed by atoms with Gasteiger partial charge in [0.1, 0.15) is 0 Å². The molecule has 0 radical (unpaired) electrons. The van der Waals surface area contributed by atoms with E-state index in [1.165, 1.54) is 19.3 Å². The maximum Gasteiger partial charge on any atom is 0.233 e. The van der Waals surface area contributed by atoms with Crippen LogP contribution in [0.1, 0.15) is 37.9 Å². The van der Waals surface area contributed by atoms with Crippen LogP contribution < -0.4 is 10.1 Å². The molecule has 2 aromatic heterocycles. The van der Waals surface area contributed by atoms with Crippen molar-refractivity contribution in [2.75, 3.05) is 25.5 Å². The van der Waals surface area contributed by atoms with Gasteiger partial charge in [-0.1, -0.05) is 6.42 Å². The van der Waals surface area contributed by atoms with Crippen molar-refractivity contribution in [2.24, 2.45) is 0 Å². The summed E-state index contributed by atoms with van der Waals surface area (Å²) in [6, 6.07) is 2.38. The van der Waals surface area contributed by atoms with E-state index in [-0.39, 0.29) is 0 Å². The van der Waals surface area contributed by atoms with Gasteiger partial charge in [0, 0.05) is 12.1 Å². The Morgan fingerprint density at radius 2 is 2.05 bits per heavy atom. The largest absolute Gasteiger partial charge is 0.480 e. The van der Waals surface area contributed by atoms with Gasteiger partial charge >= 0.3 is 0 Å². The summed E-state index contributed by atoms with van der Waals surface area (Å²) in [7, 11) is 1.57. The van der Waals surface area contributed by atoms with Gasteiger partial charge in [-0.2, -0.15) is 10.1 Å².